The van der Waals surface area contributed by atoms with E-state index in [0.717, 1.165) is 16.7 Å². The SMILES string of the molecule is [c]1cccc2c3nn(c12)NN3. The van der Waals surface area contributed by atoms with Crippen LogP contribution in [0.4, 0.5) is 5.82 Å². The fraction of sp³-hybridized carbons (Fsp3) is 0. The van der Waals surface area contributed by atoms with Crippen molar-refractivity contribution in [2.24, 2.45) is 0 Å². The van der Waals surface area contributed by atoms with Crippen molar-refractivity contribution in [2.45, 2.75) is 0 Å². The molecule has 1 aromatic heterocycles. The average molecular weight is 145 g/mol. The van der Waals surface area contributed by atoms with Crippen molar-refractivity contribution in [3.05, 3.63) is 24.3 Å². The molecule has 1 radical (unpaired) electrons. The van der Waals surface area contributed by atoms with Gasteiger partial charge in [-0.05, 0) is 6.07 Å². The third-order valence-electron chi connectivity index (χ3n) is 1.78. The number of fused-ring (bicyclic) bond motifs is 5. The summed E-state index contributed by atoms with van der Waals surface area (Å²) in [5.41, 5.74) is 6.77. The fourth-order valence-electron chi connectivity index (χ4n) is 1.28. The molecule has 0 fully saturated rings. The van der Waals surface area contributed by atoms with Crippen LogP contribution in [0.15, 0.2) is 18.2 Å². The van der Waals surface area contributed by atoms with Gasteiger partial charge in [0.05, 0.1) is 0 Å². The van der Waals surface area contributed by atoms with E-state index in [-0.39, 0.29) is 0 Å². The van der Waals surface area contributed by atoms with E-state index in [1.54, 1.807) is 4.79 Å². The highest BCUT2D eigenvalue weighted by Crippen LogP contribution is 2.23. The van der Waals surface area contributed by atoms with Crippen LogP contribution in [0.3, 0.4) is 0 Å². The smallest absolute Gasteiger partial charge is 0.177 e. The summed E-state index contributed by atoms with van der Waals surface area (Å²) in [6, 6.07) is 8.92. The van der Waals surface area contributed by atoms with Crippen LogP contribution in [0, 0.1) is 6.07 Å². The van der Waals surface area contributed by atoms with Crippen molar-refractivity contribution < 1.29 is 0 Å². The number of anilines is 1. The van der Waals surface area contributed by atoms with Gasteiger partial charge in [0.25, 0.3) is 0 Å². The largest absolute Gasteiger partial charge is 0.266 e. The van der Waals surface area contributed by atoms with Crippen molar-refractivity contribution >= 4 is 16.7 Å². The molecule has 0 saturated carbocycles. The number of nitrogens with one attached hydrogen (secondary N) is 2. The molecule has 0 unspecified atom stereocenters. The number of para-hydroxylation sites is 1. The predicted octanol–water partition coefficient (Wildman–Crippen LogP) is 0.720. The van der Waals surface area contributed by atoms with Gasteiger partial charge in [0.2, 0.25) is 0 Å². The third-order valence-corrected chi connectivity index (χ3v) is 1.78. The molecule has 4 heteroatoms. The molecule has 3 rings (SSSR count). The number of rotatable bonds is 0. The van der Waals surface area contributed by atoms with Crippen LogP contribution in [0.5, 0.6) is 0 Å². The third kappa shape index (κ3) is 0.475. The maximum absolute atomic E-state index is 4.16. The first kappa shape index (κ1) is 5.01. The Balaban J connectivity index is 2.58. The van der Waals surface area contributed by atoms with Crippen LogP contribution >= 0.6 is 0 Å². The number of aromatic nitrogens is 2. The van der Waals surface area contributed by atoms with Gasteiger partial charge < -0.3 is 0 Å². The van der Waals surface area contributed by atoms with Gasteiger partial charge in [-0.25, -0.2) is 5.53 Å². The maximum atomic E-state index is 4.16. The Bertz CT molecular complexity index is 379. The van der Waals surface area contributed by atoms with Crippen LogP contribution in [-0.4, -0.2) is 9.89 Å². The van der Waals surface area contributed by atoms with E-state index < -0.39 is 0 Å². The molecule has 0 spiro atoms. The Labute approximate surface area is 62.8 Å². The number of hydrogen-bond donors (Lipinski definition) is 2. The standard InChI is InChI=1S/C7H5N4/c1-2-4-6-5(3-1)7-8-10-11(6)9-7/h1-3,10H,(H,8,9). The second-order valence-corrected chi connectivity index (χ2v) is 2.43. The quantitative estimate of drug-likeness (QED) is 0.574. The molecule has 0 saturated heterocycles. The number of benzene rings is 1. The summed E-state index contributed by atoms with van der Waals surface area (Å²) in [5.74, 6) is 0.872. The Hall–Kier alpha value is -1.71. The van der Waals surface area contributed by atoms with E-state index in [1.165, 1.54) is 0 Å². The molecule has 2 heterocycles. The molecule has 2 N–H and O–H groups in total. The second kappa shape index (κ2) is 1.47. The van der Waals surface area contributed by atoms with Gasteiger partial charge in [-0.3, -0.25) is 5.43 Å². The second-order valence-electron chi connectivity index (χ2n) is 2.43. The summed E-state index contributed by atoms with van der Waals surface area (Å²) < 4.78 is 0. The highest BCUT2D eigenvalue weighted by Gasteiger charge is 2.14. The molecule has 1 aliphatic heterocycles. The van der Waals surface area contributed by atoms with Crippen LogP contribution < -0.4 is 11.0 Å². The zero-order chi connectivity index (χ0) is 7.26. The van der Waals surface area contributed by atoms with Gasteiger partial charge >= 0.3 is 0 Å². The number of hydrogen-bond acceptors (Lipinski definition) is 3. The Morgan fingerprint density at radius 1 is 1.55 bits per heavy atom. The van der Waals surface area contributed by atoms with E-state index in [9.17, 15) is 0 Å². The Morgan fingerprint density at radius 2 is 2.55 bits per heavy atom. The molecule has 2 bridgehead atoms. The van der Waals surface area contributed by atoms with E-state index in [4.69, 9.17) is 0 Å². The molecule has 11 heavy (non-hydrogen) atoms. The zero-order valence-electron chi connectivity index (χ0n) is 5.63. The van der Waals surface area contributed by atoms with Gasteiger partial charge in [0.15, 0.2) is 5.82 Å². The number of nitrogens with zero attached hydrogens (tertiary/aromatic N) is 2. The molecule has 2 aromatic rings. The normalized spacial score (nSPS) is 13.1. The summed E-state index contributed by atoms with van der Waals surface area (Å²) in [7, 11) is 0. The minimum Gasteiger partial charge on any atom is -0.266 e. The highest BCUT2D eigenvalue weighted by molar-refractivity contribution is 5.91. The molecule has 1 aliphatic rings. The van der Waals surface area contributed by atoms with E-state index >= 15 is 0 Å². The first-order chi connectivity index (χ1) is 5.45. The highest BCUT2D eigenvalue weighted by atomic mass is 15.8. The number of hydrazine groups is 1. The summed E-state index contributed by atoms with van der Waals surface area (Å²) in [5, 5.41) is 5.27. The molecule has 0 atom stereocenters. The summed E-state index contributed by atoms with van der Waals surface area (Å²) in [6.07, 6.45) is 0. The van der Waals surface area contributed by atoms with Crippen molar-refractivity contribution in [3.8, 4) is 0 Å². The monoisotopic (exact) mass is 145 g/mol. The lowest BCUT2D eigenvalue weighted by Crippen LogP contribution is -2.17. The molecular formula is C7H5N4. The fourth-order valence-corrected chi connectivity index (χ4v) is 1.28. The van der Waals surface area contributed by atoms with Crippen molar-refractivity contribution in [1.29, 1.82) is 0 Å². The van der Waals surface area contributed by atoms with Crippen LogP contribution in [-0.2, 0) is 0 Å². The van der Waals surface area contributed by atoms with Gasteiger partial charge in [0, 0.05) is 11.5 Å². The van der Waals surface area contributed by atoms with Gasteiger partial charge in [-0.1, -0.05) is 12.1 Å². The minimum absolute atomic E-state index is 0.872. The van der Waals surface area contributed by atoms with E-state index in [1.807, 2.05) is 18.2 Å². The summed E-state index contributed by atoms with van der Waals surface area (Å²) in [4.78, 5) is 1.67. The minimum atomic E-state index is 0.872. The van der Waals surface area contributed by atoms with Gasteiger partial charge in [-0.15, -0.1) is 5.10 Å². The molecule has 1 aromatic carbocycles. The first-order valence-electron chi connectivity index (χ1n) is 3.36. The Morgan fingerprint density at radius 3 is 3.45 bits per heavy atom. The molecule has 53 valence electrons. The van der Waals surface area contributed by atoms with Gasteiger partial charge in [-0.2, -0.15) is 4.79 Å². The zero-order valence-corrected chi connectivity index (χ0v) is 5.63. The van der Waals surface area contributed by atoms with Crippen molar-refractivity contribution in [1.82, 2.24) is 9.89 Å². The maximum Gasteiger partial charge on any atom is 0.177 e. The van der Waals surface area contributed by atoms with Crippen molar-refractivity contribution in [2.75, 3.05) is 11.0 Å². The summed E-state index contributed by atoms with van der Waals surface area (Å²) in [6.45, 7) is 0. The molecule has 0 aliphatic carbocycles. The molecule has 4 nitrogen and oxygen atoms in total. The lowest BCUT2D eigenvalue weighted by Gasteiger charge is -2.05. The van der Waals surface area contributed by atoms with Crippen molar-refractivity contribution in [3.63, 3.8) is 0 Å². The molecular weight excluding hydrogens is 140 g/mol. The Kier molecular flexibility index (Phi) is 0.671. The van der Waals surface area contributed by atoms with E-state index in [2.05, 4.69) is 22.1 Å². The van der Waals surface area contributed by atoms with Crippen LogP contribution in [0.25, 0.3) is 10.9 Å². The lowest BCUT2D eigenvalue weighted by atomic mass is 10.2. The van der Waals surface area contributed by atoms with Crippen LogP contribution in [0.1, 0.15) is 0 Å². The lowest BCUT2D eigenvalue weighted by molar-refractivity contribution is 0.865. The topological polar surface area (TPSA) is 41.9 Å². The van der Waals surface area contributed by atoms with Crippen LogP contribution in [0.2, 0.25) is 0 Å². The van der Waals surface area contributed by atoms with Gasteiger partial charge in [0.1, 0.15) is 5.52 Å². The van der Waals surface area contributed by atoms with E-state index in [0.29, 0.717) is 0 Å². The summed E-state index contributed by atoms with van der Waals surface area (Å²) >= 11 is 0. The average Bonchev–Trinajstić information content (AvgIpc) is 2.64. The molecule has 0 amide bonds. The first-order valence-corrected chi connectivity index (χ1v) is 3.36. The predicted molar refractivity (Wildman–Crippen MR) is 41.6 cm³/mol.